The first kappa shape index (κ1) is 28.1. The third-order valence-corrected chi connectivity index (χ3v) is 7.77. The van der Waals surface area contributed by atoms with Gasteiger partial charge in [-0.05, 0) is 46.6 Å². The number of benzene rings is 2. The third-order valence-electron chi connectivity index (χ3n) is 6.14. The van der Waals surface area contributed by atoms with Crippen molar-refractivity contribution >= 4 is 35.0 Å². The van der Waals surface area contributed by atoms with Crippen molar-refractivity contribution in [2.24, 2.45) is 0 Å². The molecule has 2 aromatic carbocycles. The molecule has 2 aliphatic heterocycles. The lowest BCUT2D eigenvalue weighted by atomic mass is 10.1. The summed E-state index contributed by atoms with van der Waals surface area (Å²) in [5.74, 6) is -1.83. The lowest BCUT2D eigenvalue weighted by Crippen LogP contribution is -2.70. The number of nitrogens with zero attached hydrogens (tertiary/aromatic N) is 1. The summed E-state index contributed by atoms with van der Waals surface area (Å²) >= 11 is -1.55. The monoisotopic (exact) mass is 557 g/mol. The van der Waals surface area contributed by atoms with Gasteiger partial charge in [0, 0.05) is 19.6 Å². The molecule has 1 fully saturated rings. The molecule has 4 rings (SSSR count). The summed E-state index contributed by atoms with van der Waals surface area (Å²) in [5.41, 5.74) is 1.83. The van der Waals surface area contributed by atoms with Crippen LogP contribution in [0.25, 0.3) is 0 Å². The van der Waals surface area contributed by atoms with Crippen LogP contribution in [0.1, 0.15) is 28.4 Å². The Morgan fingerprint density at radius 2 is 1.49 bits per heavy atom. The SMILES string of the molecule is COc1ccc(COC(=O)c2ccc(COC(=O)C3=C(COC(C)=O)C[S+]([O-])C4C(OC)C(=O)N34)cc2)cc1. The van der Waals surface area contributed by atoms with Crippen molar-refractivity contribution in [2.45, 2.75) is 31.6 Å². The number of ether oxygens (including phenoxy) is 5. The number of hydrogen-bond donors (Lipinski definition) is 0. The van der Waals surface area contributed by atoms with E-state index < -0.39 is 46.5 Å². The molecule has 11 nitrogen and oxygen atoms in total. The Morgan fingerprint density at radius 1 is 0.897 bits per heavy atom. The molecule has 0 radical (unpaired) electrons. The Bertz CT molecular complexity index is 1270. The minimum absolute atomic E-state index is 0.0701. The van der Waals surface area contributed by atoms with Crippen LogP contribution in [0.4, 0.5) is 0 Å². The van der Waals surface area contributed by atoms with Crippen molar-refractivity contribution in [3.8, 4) is 5.75 Å². The van der Waals surface area contributed by atoms with Gasteiger partial charge in [0.15, 0.2) is 0 Å². The van der Waals surface area contributed by atoms with Crippen LogP contribution in [0.2, 0.25) is 0 Å². The molecule has 0 saturated carbocycles. The first-order chi connectivity index (χ1) is 18.7. The number of carbonyl (C=O) groups is 4. The van der Waals surface area contributed by atoms with E-state index >= 15 is 0 Å². The summed E-state index contributed by atoms with van der Waals surface area (Å²) in [6, 6.07) is 13.5. The minimum Gasteiger partial charge on any atom is -0.614 e. The van der Waals surface area contributed by atoms with Crippen LogP contribution in [0, 0.1) is 0 Å². The van der Waals surface area contributed by atoms with Crippen LogP contribution >= 0.6 is 0 Å². The number of methoxy groups -OCH3 is 2. The fourth-order valence-electron chi connectivity index (χ4n) is 4.09. The van der Waals surface area contributed by atoms with Crippen molar-refractivity contribution in [2.75, 3.05) is 26.6 Å². The first-order valence-electron chi connectivity index (χ1n) is 11.9. The molecule has 39 heavy (non-hydrogen) atoms. The maximum absolute atomic E-state index is 13.1. The number of rotatable bonds is 10. The Morgan fingerprint density at radius 3 is 2.05 bits per heavy atom. The molecule has 2 aliphatic rings. The van der Waals surface area contributed by atoms with Gasteiger partial charge in [0.1, 0.15) is 37.0 Å². The minimum atomic E-state index is -1.55. The van der Waals surface area contributed by atoms with Gasteiger partial charge in [-0.25, -0.2) is 9.59 Å². The molecule has 0 bridgehead atoms. The molecule has 206 valence electrons. The Labute approximate surface area is 227 Å². The molecule has 2 heterocycles. The van der Waals surface area contributed by atoms with E-state index in [9.17, 15) is 23.7 Å². The normalized spacial score (nSPS) is 20.1. The number of hydrogen-bond acceptors (Lipinski definition) is 10. The molecule has 12 heteroatoms. The molecule has 3 atom stereocenters. The second-order valence-electron chi connectivity index (χ2n) is 8.71. The highest BCUT2D eigenvalue weighted by Crippen LogP contribution is 2.38. The van der Waals surface area contributed by atoms with E-state index in [2.05, 4.69) is 0 Å². The molecule has 0 N–H and O–H groups in total. The summed E-state index contributed by atoms with van der Waals surface area (Å²) in [5, 5.41) is -0.825. The highest BCUT2D eigenvalue weighted by atomic mass is 32.2. The fraction of sp³-hybridized carbons (Fsp3) is 0.333. The number of amides is 1. The predicted molar refractivity (Wildman–Crippen MR) is 136 cm³/mol. The fourth-order valence-corrected chi connectivity index (χ4v) is 5.78. The van der Waals surface area contributed by atoms with Crippen LogP contribution in [-0.2, 0) is 57.7 Å². The molecular formula is C27H27NO10S. The average Bonchev–Trinajstić information content (AvgIpc) is 2.94. The van der Waals surface area contributed by atoms with Gasteiger partial charge in [0.25, 0.3) is 5.91 Å². The van der Waals surface area contributed by atoms with Crippen molar-refractivity contribution in [3.63, 3.8) is 0 Å². The highest BCUT2D eigenvalue weighted by Gasteiger charge is 2.61. The van der Waals surface area contributed by atoms with E-state index in [1.807, 2.05) is 0 Å². The van der Waals surface area contributed by atoms with Crippen LogP contribution < -0.4 is 4.74 Å². The van der Waals surface area contributed by atoms with Crippen LogP contribution in [0.15, 0.2) is 59.8 Å². The van der Waals surface area contributed by atoms with E-state index in [1.54, 1.807) is 55.6 Å². The Kier molecular flexibility index (Phi) is 8.90. The molecule has 0 aliphatic carbocycles. The summed E-state index contributed by atoms with van der Waals surface area (Å²) in [6.07, 6.45) is -0.930. The van der Waals surface area contributed by atoms with Crippen LogP contribution in [-0.4, -0.2) is 71.3 Å². The van der Waals surface area contributed by atoms with E-state index in [4.69, 9.17) is 23.7 Å². The average molecular weight is 558 g/mol. The maximum atomic E-state index is 13.1. The van der Waals surface area contributed by atoms with Crippen molar-refractivity contribution < 1.29 is 47.4 Å². The zero-order chi connectivity index (χ0) is 28.1. The number of carbonyl (C=O) groups excluding carboxylic acids is 4. The second kappa shape index (κ2) is 12.3. The largest absolute Gasteiger partial charge is 0.614 e. The zero-order valence-electron chi connectivity index (χ0n) is 21.5. The summed E-state index contributed by atoms with van der Waals surface area (Å²) in [7, 11) is 2.89. The standard InChI is InChI=1S/C27H27NO10S/c1-16(29)36-14-20-15-39(33)25-23(35-3)24(30)28(25)22(20)27(32)38-13-17-4-8-19(9-5-17)26(31)37-12-18-6-10-21(34-2)11-7-18/h4-11,23,25H,12-15H2,1-3H3. The summed E-state index contributed by atoms with van der Waals surface area (Å²) in [6.45, 7) is 0.841. The quantitative estimate of drug-likeness (QED) is 0.184. The highest BCUT2D eigenvalue weighted by molar-refractivity contribution is 7.92. The van der Waals surface area contributed by atoms with Crippen LogP contribution in [0.3, 0.4) is 0 Å². The van der Waals surface area contributed by atoms with Gasteiger partial charge in [-0.2, -0.15) is 0 Å². The number of fused-ring (bicyclic) bond motifs is 1. The van der Waals surface area contributed by atoms with Gasteiger partial charge < -0.3 is 28.2 Å². The van der Waals surface area contributed by atoms with E-state index in [1.165, 1.54) is 14.0 Å². The third kappa shape index (κ3) is 6.24. The van der Waals surface area contributed by atoms with Gasteiger partial charge in [-0.1, -0.05) is 24.3 Å². The Hall–Kier alpha value is -3.87. The van der Waals surface area contributed by atoms with Gasteiger partial charge >= 0.3 is 17.9 Å². The summed E-state index contributed by atoms with van der Waals surface area (Å²) < 4.78 is 38.7. The molecular weight excluding hydrogens is 530 g/mol. The number of esters is 3. The van der Waals surface area contributed by atoms with Gasteiger partial charge in [0.2, 0.25) is 11.5 Å². The smallest absolute Gasteiger partial charge is 0.355 e. The molecule has 1 amide bonds. The lowest BCUT2D eigenvalue weighted by molar-refractivity contribution is -0.164. The topological polar surface area (TPSA) is 141 Å². The van der Waals surface area contributed by atoms with E-state index in [0.717, 1.165) is 10.5 Å². The van der Waals surface area contributed by atoms with Crippen molar-refractivity contribution in [3.05, 3.63) is 76.5 Å². The van der Waals surface area contributed by atoms with E-state index in [0.29, 0.717) is 16.9 Å². The first-order valence-corrected chi connectivity index (χ1v) is 13.3. The summed E-state index contributed by atoms with van der Waals surface area (Å²) in [4.78, 5) is 50.5. The zero-order valence-corrected chi connectivity index (χ0v) is 22.4. The number of β-lactam (4-membered cyclic amide) rings is 1. The second-order valence-corrected chi connectivity index (χ2v) is 10.2. The molecule has 0 aromatic heterocycles. The molecule has 3 unspecified atom stereocenters. The van der Waals surface area contributed by atoms with Gasteiger partial charge in [-0.15, -0.1) is 0 Å². The van der Waals surface area contributed by atoms with Crippen molar-refractivity contribution in [1.29, 1.82) is 0 Å². The Balaban J connectivity index is 1.38. The molecule has 0 spiro atoms. The van der Waals surface area contributed by atoms with Crippen molar-refractivity contribution in [1.82, 2.24) is 4.90 Å². The van der Waals surface area contributed by atoms with Crippen LogP contribution in [0.5, 0.6) is 5.75 Å². The van der Waals surface area contributed by atoms with Gasteiger partial charge in [-0.3, -0.25) is 14.5 Å². The molecule has 1 saturated heterocycles. The van der Waals surface area contributed by atoms with Gasteiger partial charge in [0.05, 0.1) is 12.7 Å². The molecule has 2 aromatic rings. The van der Waals surface area contributed by atoms with E-state index in [-0.39, 0.29) is 36.8 Å². The maximum Gasteiger partial charge on any atom is 0.355 e. The lowest BCUT2D eigenvalue weighted by Gasteiger charge is -2.48. The predicted octanol–water partition coefficient (Wildman–Crippen LogP) is 1.86.